The van der Waals surface area contributed by atoms with Crippen molar-refractivity contribution in [2.75, 3.05) is 31.1 Å². The highest BCUT2D eigenvalue weighted by molar-refractivity contribution is 6.30. The highest BCUT2D eigenvalue weighted by atomic mass is 35.5. The third-order valence-corrected chi connectivity index (χ3v) is 4.69. The SMILES string of the molecule is CC(=O)N1CCN(c2cncc(C(=O)NCc3ccc(Cl)cc3)c2)CC1. The predicted octanol–water partition coefficient (Wildman–Crippen LogP) is 2.33. The van der Waals surface area contributed by atoms with Crippen LogP contribution in [0.4, 0.5) is 5.69 Å². The van der Waals surface area contributed by atoms with Gasteiger partial charge < -0.3 is 15.1 Å². The summed E-state index contributed by atoms with van der Waals surface area (Å²) >= 11 is 5.87. The summed E-state index contributed by atoms with van der Waals surface area (Å²) in [5.41, 5.74) is 2.39. The zero-order valence-corrected chi connectivity index (χ0v) is 15.4. The summed E-state index contributed by atoms with van der Waals surface area (Å²) in [6, 6.07) is 9.20. The maximum atomic E-state index is 12.4. The Bertz CT molecular complexity index is 786. The fourth-order valence-electron chi connectivity index (χ4n) is 2.89. The number of benzene rings is 1. The Labute approximate surface area is 157 Å². The lowest BCUT2D eigenvalue weighted by molar-refractivity contribution is -0.129. The van der Waals surface area contributed by atoms with Gasteiger partial charge in [0, 0.05) is 50.9 Å². The van der Waals surface area contributed by atoms with Crippen molar-refractivity contribution in [1.82, 2.24) is 15.2 Å². The van der Waals surface area contributed by atoms with Crippen LogP contribution in [0, 0.1) is 0 Å². The Morgan fingerprint density at radius 2 is 1.81 bits per heavy atom. The number of piperazine rings is 1. The van der Waals surface area contributed by atoms with E-state index in [2.05, 4.69) is 15.2 Å². The van der Waals surface area contributed by atoms with E-state index in [1.54, 1.807) is 31.5 Å². The lowest BCUT2D eigenvalue weighted by Gasteiger charge is -2.35. The molecular formula is C19H21ClN4O2. The minimum absolute atomic E-state index is 0.0955. The number of rotatable bonds is 4. The number of nitrogens with zero attached hydrogens (tertiary/aromatic N) is 3. The Morgan fingerprint density at radius 1 is 1.12 bits per heavy atom. The van der Waals surface area contributed by atoms with Gasteiger partial charge >= 0.3 is 0 Å². The maximum absolute atomic E-state index is 12.4. The van der Waals surface area contributed by atoms with Crippen molar-refractivity contribution in [3.63, 3.8) is 0 Å². The molecule has 2 amide bonds. The molecule has 0 unspecified atom stereocenters. The molecule has 0 spiro atoms. The summed E-state index contributed by atoms with van der Waals surface area (Å²) in [6.07, 6.45) is 3.31. The molecule has 0 bridgehead atoms. The van der Waals surface area contributed by atoms with Gasteiger partial charge in [-0.15, -0.1) is 0 Å². The number of amides is 2. The first-order chi connectivity index (χ1) is 12.5. The first kappa shape index (κ1) is 18.2. The molecule has 1 aliphatic rings. The second-order valence-electron chi connectivity index (χ2n) is 6.23. The van der Waals surface area contributed by atoms with E-state index in [-0.39, 0.29) is 11.8 Å². The minimum atomic E-state index is -0.170. The van der Waals surface area contributed by atoms with E-state index in [9.17, 15) is 9.59 Å². The number of halogens is 1. The molecule has 2 heterocycles. The summed E-state index contributed by atoms with van der Waals surface area (Å²) in [5.74, 6) is -0.0743. The lowest BCUT2D eigenvalue weighted by atomic mass is 10.2. The van der Waals surface area contributed by atoms with E-state index >= 15 is 0 Å². The molecule has 0 aliphatic carbocycles. The molecule has 7 heteroatoms. The zero-order chi connectivity index (χ0) is 18.5. The van der Waals surface area contributed by atoms with Crippen LogP contribution in [0.1, 0.15) is 22.8 Å². The van der Waals surface area contributed by atoms with Gasteiger partial charge in [0.1, 0.15) is 0 Å². The Morgan fingerprint density at radius 3 is 2.46 bits per heavy atom. The molecule has 1 aliphatic heterocycles. The molecule has 136 valence electrons. The van der Waals surface area contributed by atoms with Crippen molar-refractivity contribution in [3.05, 3.63) is 58.9 Å². The van der Waals surface area contributed by atoms with Gasteiger partial charge in [-0.25, -0.2) is 0 Å². The smallest absolute Gasteiger partial charge is 0.253 e. The monoisotopic (exact) mass is 372 g/mol. The molecule has 3 rings (SSSR count). The number of nitrogens with one attached hydrogen (secondary N) is 1. The number of hydrogen-bond acceptors (Lipinski definition) is 4. The molecule has 1 saturated heterocycles. The molecule has 0 radical (unpaired) electrons. The largest absolute Gasteiger partial charge is 0.367 e. The van der Waals surface area contributed by atoms with Crippen molar-refractivity contribution in [2.24, 2.45) is 0 Å². The van der Waals surface area contributed by atoms with Crippen LogP contribution >= 0.6 is 11.6 Å². The minimum Gasteiger partial charge on any atom is -0.367 e. The van der Waals surface area contributed by atoms with E-state index in [1.807, 2.05) is 23.1 Å². The van der Waals surface area contributed by atoms with Crippen LogP contribution in [0.3, 0.4) is 0 Å². The summed E-state index contributed by atoms with van der Waals surface area (Å²) in [4.78, 5) is 32.0. The number of carbonyl (C=O) groups excluding carboxylic acids is 2. The lowest BCUT2D eigenvalue weighted by Crippen LogP contribution is -2.48. The van der Waals surface area contributed by atoms with Gasteiger partial charge in [0.25, 0.3) is 5.91 Å². The van der Waals surface area contributed by atoms with E-state index in [0.717, 1.165) is 24.3 Å². The van der Waals surface area contributed by atoms with Crippen LogP contribution in [-0.2, 0) is 11.3 Å². The predicted molar refractivity (Wildman–Crippen MR) is 101 cm³/mol. The topological polar surface area (TPSA) is 65.5 Å². The van der Waals surface area contributed by atoms with Crippen LogP contribution in [0.5, 0.6) is 0 Å². The Balaban J connectivity index is 1.60. The second-order valence-corrected chi connectivity index (χ2v) is 6.67. The molecule has 0 atom stereocenters. The summed E-state index contributed by atoms with van der Waals surface area (Å²) in [7, 11) is 0. The van der Waals surface area contributed by atoms with Crippen LogP contribution in [0.2, 0.25) is 5.02 Å². The zero-order valence-electron chi connectivity index (χ0n) is 14.6. The second kappa shape index (κ2) is 8.19. The highest BCUT2D eigenvalue weighted by Gasteiger charge is 2.19. The number of carbonyl (C=O) groups is 2. The van der Waals surface area contributed by atoms with E-state index in [0.29, 0.717) is 30.2 Å². The molecular weight excluding hydrogens is 352 g/mol. The first-order valence-electron chi connectivity index (χ1n) is 8.51. The van der Waals surface area contributed by atoms with Crippen LogP contribution in [-0.4, -0.2) is 47.9 Å². The molecule has 0 saturated carbocycles. The van der Waals surface area contributed by atoms with E-state index in [4.69, 9.17) is 11.6 Å². The maximum Gasteiger partial charge on any atom is 0.253 e. The molecule has 2 aromatic rings. The molecule has 1 aromatic heterocycles. The molecule has 6 nitrogen and oxygen atoms in total. The van der Waals surface area contributed by atoms with Gasteiger partial charge in [-0.3, -0.25) is 14.6 Å². The molecule has 1 aromatic carbocycles. The van der Waals surface area contributed by atoms with Gasteiger partial charge in [-0.2, -0.15) is 0 Å². The standard InChI is InChI=1S/C19H21ClN4O2/c1-14(25)23-6-8-24(9-7-23)18-10-16(12-21-13-18)19(26)22-11-15-2-4-17(20)5-3-15/h2-5,10,12-13H,6-9,11H2,1H3,(H,22,26). The van der Waals surface area contributed by atoms with Crippen molar-refractivity contribution in [2.45, 2.75) is 13.5 Å². The number of aromatic nitrogens is 1. The van der Waals surface area contributed by atoms with E-state index < -0.39 is 0 Å². The number of hydrogen-bond donors (Lipinski definition) is 1. The van der Waals surface area contributed by atoms with Crippen molar-refractivity contribution < 1.29 is 9.59 Å². The Hall–Kier alpha value is -2.60. The van der Waals surface area contributed by atoms with Crippen LogP contribution in [0.25, 0.3) is 0 Å². The third-order valence-electron chi connectivity index (χ3n) is 4.44. The molecule has 1 N–H and O–H groups in total. The highest BCUT2D eigenvalue weighted by Crippen LogP contribution is 2.17. The number of anilines is 1. The van der Waals surface area contributed by atoms with Gasteiger partial charge in [0.2, 0.25) is 5.91 Å². The third kappa shape index (κ3) is 4.52. The van der Waals surface area contributed by atoms with Crippen LogP contribution < -0.4 is 10.2 Å². The molecule has 26 heavy (non-hydrogen) atoms. The quantitative estimate of drug-likeness (QED) is 0.894. The summed E-state index contributed by atoms with van der Waals surface area (Å²) < 4.78 is 0. The average Bonchev–Trinajstić information content (AvgIpc) is 2.67. The first-order valence-corrected chi connectivity index (χ1v) is 8.89. The average molecular weight is 373 g/mol. The summed E-state index contributed by atoms with van der Waals surface area (Å²) in [6.45, 7) is 4.85. The normalized spacial score (nSPS) is 14.2. The fourth-order valence-corrected chi connectivity index (χ4v) is 3.02. The van der Waals surface area contributed by atoms with Crippen molar-refractivity contribution >= 4 is 29.1 Å². The van der Waals surface area contributed by atoms with Crippen molar-refractivity contribution in [1.29, 1.82) is 0 Å². The van der Waals surface area contributed by atoms with Crippen LogP contribution in [0.15, 0.2) is 42.7 Å². The van der Waals surface area contributed by atoms with Gasteiger partial charge in [-0.05, 0) is 23.8 Å². The Kier molecular flexibility index (Phi) is 5.73. The van der Waals surface area contributed by atoms with Gasteiger partial charge in [0.05, 0.1) is 17.4 Å². The van der Waals surface area contributed by atoms with Gasteiger partial charge in [-0.1, -0.05) is 23.7 Å². The van der Waals surface area contributed by atoms with Crippen molar-refractivity contribution in [3.8, 4) is 0 Å². The summed E-state index contributed by atoms with van der Waals surface area (Å²) in [5, 5.41) is 3.56. The fraction of sp³-hybridized carbons (Fsp3) is 0.316. The van der Waals surface area contributed by atoms with E-state index in [1.165, 1.54) is 0 Å². The van der Waals surface area contributed by atoms with Gasteiger partial charge in [0.15, 0.2) is 0 Å². The molecule has 1 fully saturated rings. The number of pyridine rings is 1.